The average molecular weight is 564 g/mol. The van der Waals surface area contributed by atoms with Crippen molar-refractivity contribution in [3.63, 3.8) is 0 Å². The van der Waals surface area contributed by atoms with E-state index >= 15 is 0 Å². The van der Waals surface area contributed by atoms with Crippen LogP contribution in [-0.2, 0) is 16.4 Å². The third kappa shape index (κ3) is 9.06. The van der Waals surface area contributed by atoms with Crippen molar-refractivity contribution >= 4 is 39.8 Å². The smallest absolute Gasteiger partial charge is 0.191 e. The average Bonchev–Trinajstić information content (AvgIpc) is 3.18. The van der Waals surface area contributed by atoms with Crippen LogP contribution in [0.2, 0.25) is 0 Å². The maximum absolute atomic E-state index is 11.5. The molecule has 2 aromatic rings. The Morgan fingerprint density at radius 1 is 1.16 bits per heavy atom. The molecular formula is C21H33IN4O4S. The molecule has 2 rings (SSSR count). The van der Waals surface area contributed by atoms with Crippen molar-refractivity contribution in [1.29, 1.82) is 0 Å². The van der Waals surface area contributed by atoms with Crippen molar-refractivity contribution in [1.82, 2.24) is 15.8 Å². The van der Waals surface area contributed by atoms with Gasteiger partial charge in [-0.3, -0.25) is 0 Å². The summed E-state index contributed by atoms with van der Waals surface area (Å²) in [6.45, 7) is 8.37. The summed E-state index contributed by atoms with van der Waals surface area (Å²) in [5.41, 5.74) is 0.985. The van der Waals surface area contributed by atoms with Gasteiger partial charge in [0.25, 0.3) is 0 Å². The minimum absolute atomic E-state index is 0. The maximum atomic E-state index is 11.5. The monoisotopic (exact) mass is 564 g/mol. The first-order chi connectivity index (χ1) is 14.4. The first-order valence-corrected chi connectivity index (χ1v) is 12.2. The lowest BCUT2D eigenvalue weighted by Gasteiger charge is -2.12. The number of hydrogen-bond donors (Lipinski definition) is 2. The fourth-order valence-electron chi connectivity index (χ4n) is 2.92. The molecule has 8 nitrogen and oxygen atoms in total. The minimum Gasteiger partial charge on any atom is -0.492 e. The zero-order valence-corrected chi connectivity index (χ0v) is 21.7. The van der Waals surface area contributed by atoms with Gasteiger partial charge in [-0.15, -0.1) is 24.0 Å². The summed E-state index contributed by atoms with van der Waals surface area (Å²) in [5, 5.41) is 10.6. The van der Waals surface area contributed by atoms with Crippen LogP contribution in [0.25, 0.3) is 0 Å². The van der Waals surface area contributed by atoms with Crippen LogP contribution >= 0.6 is 24.0 Å². The molecule has 0 aliphatic carbocycles. The van der Waals surface area contributed by atoms with E-state index in [0.29, 0.717) is 37.3 Å². The van der Waals surface area contributed by atoms with Crippen LogP contribution in [0.4, 0.5) is 0 Å². The Bertz CT molecular complexity index is 910. The number of rotatable bonds is 11. The number of aromatic nitrogens is 1. The highest BCUT2D eigenvalue weighted by Gasteiger charge is 2.13. The molecule has 2 N–H and O–H groups in total. The van der Waals surface area contributed by atoms with E-state index < -0.39 is 9.84 Å². The van der Waals surface area contributed by atoms with Gasteiger partial charge in [0.1, 0.15) is 18.9 Å². The molecule has 0 aliphatic rings. The molecule has 0 atom stereocenters. The normalized spacial score (nSPS) is 11.8. The fourth-order valence-corrected chi connectivity index (χ4v) is 3.55. The Morgan fingerprint density at radius 3 is 2.42 bits per heavy atom. The standard InChI is InChI=1S/C21H32N4O4S.HI/c1-5-16(6-2)20-14-18(29-25-20)15-24-21(22-7-3)23-12-13-28-17-8-10-19(11-9-17)30(4,26)27;/h8-11,14,16H,5-7,12-13,15H2,1-4H3,(H2,22,23,24);1H. The molecular weight excluding hydrogens is 531 g/mol. The second-order valence-electron chi connectivity index (χ2n) is 6.95. The Labute approximate surface area is 202 Å². The third-order valence-corrected chi connectivity index (χ3v) is 5.76. The van der Waals surface area contributed by atoms with Crippen molar-refractivity contribution in [3.05, 3.63) is 41.8 Å². The number of ether oxygens (including phenoxy) is 1. The van der Waals surface area contributed by atoms with E-state index in [4.69, 9.17) is 9.26 Å². The molecule has 0 radical (unpaired) electrons. The Balaban J connectivity index is 0.00000480. The predicted octanol–water partition coefficient (Wildman–Crippen LogP) is 3.73. The van der Waals surface area contributed by atoms with Crippen molar-refractivity contribution in [2.75, 3.05) is 26.0 Å². The van der Waals surface area contributed by atoms with Gasteiger partial charge < -0.3 is 19.9 Å². The van der Waals surface area contributed by atoms with E-state index in [0.717, 1.165) is 30.8 Å². The van der Waals surface area contributed by atoms with E-state index in [1.165, 1.54) is 18.4 Å². The largest absolute Gasteiger partial charge is 0.492 e. The van der Waals surface area contributed by atoms with Crippen molar-refractivity contribution in [3.8, 4) is 5.75 Å². The first-order valence-electron chi connectivity index (χ1n) is 10.3. The molecule has 0 spiro atoms. The van der Waals surface area contributed by atoms with E-state index in [1.807, 2.05) is 13.0 Å². The van der Waals surface area contributed by atoms with Crippen molar-refractivity contribution in [2.24, 2.45) is 4.99 Å². The molecule has 1 aromatic carbocycles. The van der Waals surface area contributed by atoms with E-state index in [2.05, 4.69) is 34.6 Å². The van der Waals surface area contributed by atoms with Crippen LogP contribution < -0.4 is 15.4 Å². The number of sulfone groups is 1. The molecule has 1 heterocycles. The van der Waals surface area contributed by atoms with E-state index in [9.17, 15) is 8.42 Å². The summed E-state index contributed by atoms with van der Waals surface area (Å²) in [4.78, 5) is 4.80. The van der Waals surface area contributed by atoms with Crippen LogP contribution in [0.1, 0.15) is 51.0 Å². The molecule has 0 fully saturated rings. The number of nitrogens with zero attached hydrogens (tertiary/aromatic N) is 2. The Morgan fingerprint density at radius 2 is 1.84 bits per heavy atom. The molecule has 174 valence electrons. The minimum atomic E-state index is -3.20. The number of hydrogen-bond acceptors (Lipinski definition) is 6. The number of guanidine groups is 1. The molecule has 10 heteroatoms. The Hall–Kier alpha value is -1.82. The third-order valence-electron chi connectivity index (χ3n) is 4.63. The highest BCUT2D eigenvalue weighted by Crippen LogP contribution is 2.22. The second kappa shape index (κ2) is 13.6. The first kappa shape index (κ1) is 27.2. The highest BCUT2D eigenvalue weighted by molar-refractivity contribution is 14.0. The fraction of sp³-hybridized carbons (Fsp3) is 0.524. The quantitative estimate of drug-likeness (QED) is 0.186. The Kier molecular flexibility index (Phi) is 11.9. The van der Waals surface area contributed by atoms with Crippen LogP contribution in [0.5, 0.6) is 5.75 Å². The van der Waals surface area contributed by atoms with Crippen LogP contribution in [0.15, 0.2) is 44.7 Å². The molecule has 1 aromatic heterocycles. The zero-order valence-electron chi connectivity index (χ0n) is 18.6. The van der Waals surface area contributed by atoms with Gasteiger partial charge in [0.2, 0.25) is 0 Å². The molecule has 0 amide bonds. The van der Waals surface area contributed by atoms with Crippen LogP contribution in [0.3, 0.4) is 0 Å². The van der Waals surface area contributed by atoms with E-state index in [1.54, 1.807) is 12.1 Å². The van der Waals surface area contributed by atoms with Gasteiger partial charge >= 0.3 is 0 Å². The van der Waals surface area contributed by atoms with Gasteiger partial charge in [-0.25, -0.2) is 13.4 Å². The molecule has 0 aliphatic heterocycles. The second-order valence-corrected chi connectivity index (χ2v) is 8.96. The number of nitrogens with one attached hydrogen (secondary N) is 2. The van der Waals surface area contributed by atoms with E-state index in [-0.39, 0.29) is 28.9 Å². The van der Waals surface area contributed by atoms with Crippen molar-refractivity contribution in [2.45, 2.75) is 51.0 Å². The molecule has 0 saturated carbocycles. The van der Waals surface area contributed by atoms with Crippen LogP contribution in [0, 0.1) is 0 Å². The molecule has 0 bridgehead atoms. The summed E-state index contributed by atoms with van der Waals surface area (Å²) in [6, 6.07) is 8.36. The molecule has 31 heavy (non-hydrogen) atoms. The number of aliphatic imine (C=N–C) groups is 1. The summed E-state index contributed by atoms with van der Waals surface area (Å²) < 4.78 is 34.0. The van der Waals surface area contributed by atoms with Crippen molar-refractivity contribution < 1.29 is 17.7 Å². The van der Waals surface area contributed by atoms with Gasteiger partial charge in [-0.05, 0) is 44.0 Å². The highest BCUT2D eigenvalue weighted by atomic mass is 127. The maximum Gasteiger partial charge on any atom is 0.191 e. The lowest BCUT2D eigenvalue weighted by Crippen LogP contribution is -2.39. The number of halogens is 1. The molecule has 0 unspecified atom stereocenters. The summed E-state index contributed by atoms with van der Waals surface area (Å²) in [6.07, 6.45) is 3.25. The van der Waals surface area contributed by atoms with Gasteiger partial charge in [0.15, 0.2) is 21.6 Å². The molecule has 0 saturated heterocycles. The number of benzene rings is 1. The summed E-state index contributed by atoms with van der Waals surface area (Å²) in [7, 11) is -3.20. The SMILES string of the molecule is CCNC(=NCc1cc(C(CC)CC)no1)NCCOc1ccc(S(C)(=O)=O)cc1.I. The summed E-state index contributed by atoms with van der Waals surface area (Å²) in [5.74, 6) is 2.42. The zero-order chi connectivity index (χ0) is 22.0. The van der Waals surface area contributed by atoms with Gasteiger partial charge in [0.05, 0.1) is 17.1 Å². The lowest BCUT2D eigenvalue weighted by atomic mass is 9.99. The van der Waals surface area contributed by atoms with Crippen LogP contribution in [-0.4, -0.2) is 45.5 Å². The lowest BCUT2D eigenvalue weighted by molar-refractivity contribution is 0.321. The van der Waals surface area contributed by atoms with Gasteiger partial charge in [-0.1, -0.05) is 19.0 Å². The topological polar surface area (TPSA) is 106 Å². The summed E-state index contributed by atoms with van der Waals surface area (Å²) >= 11 is 0. The predicted molar refractivity (Wildman–Crippen MR) is 133 cm³/mol. The van der Waals surface area contributed by atoms with Gasteiger partial charge in [-0.2, -0.15) is 0 Å². The van der Waals surface area contributed by atoms with Gasteiger partial charge in [0, 0.05) is 24.8 Å².